The Morgan fingerprint density at radius 3 is 2.88 bits per heavy atom. The minimum absolute atomic E-state index is 0.0188. The minimum atomic E-state index is -0.0567. The van der Waals surface area contributed by atoms with Crippen molar-refractivity contribution in [2.24, 2.45) is 7.05 Å². The monoisotopic (exact) mass is 377 g/mol. The van der Waals surface area contributed by atoms with Crippen LogP contribution in [0.4, 0.5) is 0 Å². The van der Waals surface area contributed by atoms with Crippen molar-refractivity contribution in [1.82, 2.24) is 14.5 Å². The highest BCUT2D eigenvalue weighted by molar-refractivity contribution is 7.99. The summed E-state index contributed by atoms with van der Waals surface area (Å²) in [5.41, 5.74) is 0.936. The van der Waals surface area contributed by atoms with Crippen LogP contribution in [0.2, 0.25) is 0 Å². The first-order valence-electron chi connectivity index (χ1n) is 8.53. The number of aliphatic hydroxyl groups is 1. The number of amides is 1. The number of rotatable bonds is 8. The molecule has 7 nitrogen and oxygen atoms in total. The molecule has 2 aromatic rings. The summed E-state index contributed by atoms with van der Waals surface area (Å²) in [5.74, 6) is 2.20. The maximum absolute atomic E-state index is 12.5. The molecule has 0 saturated carbocycles. The molecular formula is C18H23N3O4S. The zero-order valence-corrected chi connectivity index (χ0v) is 15.6. The second-order valence-corrected chi connectivity index (χ2v) is 7.11. The summed E-state index contributed by atoms with van der Waals surface area (Å²) in [4.78, 5) is 19.3. The van der Waals surface area contributed by atoms with Crippen molar-refractivity contribution in [1.29, 1.82) is 0 Å². The zero-order chi connectivity index (χ0) is 18.4. The van der Waals surface area contributed by atoms with Crippen LogP contribution in [-0.4, -0.2) is 57.6 Å². The van der Waals surface area contributed by atoms with Gasteiger partial charge in [-0.2, -0.15) is 0 Å². The topological polar surface area (TPSA) is 76.8 Å². The van der Waals surface area contributed by atoms with Gasteiger partial charge < -0.3 is 24.0 Å². The maximum atomic E-state index is 12.5. The number of thioether (sulfide) groups is 1. The van der Waals surface area contributed by atoms with Gasteiger partial charge in [-0.15, -0.1) is 11.8 Å². The van der Waals surface area contributed by atoms with Crippen LogP contribution >= 0.6 is 11.8 Å². The van der Waals surface area contributed by atoms with Crippen molar-refractivity contribution in [2.75, 3.05) is 32.1 Å². The molecule has 8 heteroatoms. The van der Waals surface area contributed by atoms with E-state index in [1.165, 1.54) is 0 Å². The molecule has 0 bridgehead atoms. The second-order valence-electron chi connectivity index (χ2n) is 5.94. The van der Waals surface area contributed by atoms with E-state index in [1.54, 1.807) is 29.2 Å². The number of hydrogen-bond acceptors (Lipinski definition) is 6. The highest BCUT2D eigenvalue weighted by atomic mass is 32.2. The fourth-order valence-electron chi connectivity index (χ4n) is 2.67. The van der Waals surface area contributed by atoms with Crippen LogP contribution in [0.5, 0.6) is 11.5 Å². The molecule has 0 radical (unpaired) electrons. The Balaban J connectivity index is 1.52. The van der Waals surface area contributed by atoms with Gasteiger partial charge in [0.05, 0.1) is 25.2 Å². The smallest absolute Gasteiger partial charge is 0.223 e. The van der Waals surface area contributed by atoms with E-state index >= 15 is 0 Å². The Morgan fingerprint density at radius 1 is 1.35 bits per heavy atom. The van der Waals surface area contributed by atoms with Crippen LogP contribution in [0.3, 0.4) is 0 Å². The molecule has 2 heterocycles. The first kappa shape index (κ1) is 18.6. The summed E-state index contributed by atoms with van der Waals surface area (Å²) in [6, 6.07) is 5.83. The summed E-state index contributed by atoms with van der Waals surface area (Å²) in [5, 5.41) is 9.25. The number of carbonyl (C=O) groups is 1. The highest BCUT2D eigenvalue weighted by Gasteiger charge is 2.16. The Hall–Kier alpha value is -2.19. The average molecular weight is 377 g/mol. The molecule has 1 amide bonds. The third-order valence-electron chi connectivity index (χ3n) is 4.09. The van der Waals surface area contributed by atoms with Crippen LogP contribution in [0.15, 0.2) is 35.6 Å². The minimum Gasteiger partial charge on any atom is -0.486 e. The van der Waals surface area contributed by atoms with Gasteiger partial charge in [-0.05, 0) is 18.2 Å². The summed E-state index contributed by atoms with van der Waals surface area (Å²) in [7, 11) is 1.89. The van der Waals surface area contributed by atoms with Gasteiger partial charge in [-0.25, -0.2) is 4.98 Å². The predicted octanol–water partition coefficient (Wildman–Crippen LogP) is 1.69. The normalized spacial score (nSPS) is 12.8. The van der Waals surface area contributed by atoms with Gasteiger partial charge in [-0.1, -0.05) is 0 Å². The lowest BCUT2D eigenvalue weighted by molar-refractivity contribution is -0.131. The van der Waals surface area contributed by atoms with Gasteiger partial charge in [0.15, 0.2) is 11.5 Å². The predicted molar refractivity (Wildman–Crippen MR) is 98.5 cm³/mol. The SMILES string of the molecule is Cn1cncc1CN(CCO)C(=O)CCSc1ccc2c(c1)OCCO2. The van der Waals surface area contributed by atoms with Gasteiger partial charge in [-0.3, -0.25) is 4.79 Å². The average Bonchev–Trinajstić information content (AvgIpc) is 3.06. The van der Waals surface area contributed by atoms with Crippen molar-refractivity contribution < 1.29 is 19.4 Å². The Bertz CT molecular complexity index is 750. The molecule has 0 saturated heterocycles. The number of aryl methyl sites for hydroxylation is 1. The lowest BCUT2D eigenvalue weighted by Crippen LogP contribution is -2.33. The lowest BCUT2D eigenvalue weighted by Gasteiger charge is -2.22. The van der Waals surface area contributed by atoms with Crippen molar-refractivity contribution in [3.63, 3.8) is 0 Å². The van der Waals surface area contributed by atoms with Crippen LogP contribution in [0.1, 0.15) is 12.1 Å². The molecule has 140 valence electrons. The Kier molecular flexibility index (Phi) is 6.40. The number of fused-ring (bicyclic) bond motifs is 1. The number of aromatic nitrogens is 2. The molecule has 1 aliphatic rings. The van der Waals surface area contributed by atoms with E-state index in [2.05, 4.69) is 4.98 Å². The third kappa shape index (κ3) is 4.70. The molecule has 0 fully saturated rings. The Morgan fingerprint density at radius 2 is 2.15 bits per heavy atom. The fraction of sp³-hybridized carbons (Fsp3) is 0.444. The molecule has 1 aromatic carbocycles. The highest BCUT2D eigenvalue weighted by Crippen LogP contribution is 2.34. The number of aliphatic hydroxyl groups excluding tert-OH is 1. The quantitative estimate of drug-likeness (QED) is 0.706. The van der Waals surface area contributed by atoms with E-state index < -0.39 is 0 Å². The molecule has 0 spiro atoms. The summed E-state index contributed by atoms with van der Waals surface area (Å²) in [6.45, 7) is 1.84. The van der Waals surface area contributed by atoms with Crippen LogP contribution < -0.4 is 9.47 Å². The number of benzene rings is 1. The molecule has 26 heavy (non-hydrogen) atoms. The van der Waals surface area contributed by atoms with Crippen molar-refractivity contribution in [3.05, 3.63) is 36.4 Å². The van der Waals surface area contributed by atoms with Gasteiger partial charge in [0.1, 0.15) is 13.2 Å². The fourth-order valence-corrected chi connectivity index (χ4v) is 3.54. The van der Waals surface area contributed by atoms with Crippen LogP contribution in [-0.2, 0) is 18.4 Å². The second kappa shape index (κ2) is 8.95. The van der Waals surface area contributed by atoms with Crippen LogP contribution in [0.25, 0.3) is 0 Å². The van der Waals surface area contributed by atoms with E-state index in [9.17, 15) is 9.90 Å². The van der Waals surface area contributed by atoms with Gasteiger partial charge in [0.2, 0.25) is 5.91 Å². The van der Waals surface area contributed by atoms with Gasteiger partial charge in [0.25, 0.3) is 0 Å². The van der Waals surface area contributed by atoms with Crippen LogP contribution in [0, 0.1) is 0 Å². The van der Waals surface area contributed by atoms with E-state index in [1.807, 2.05) is 29.8 Å². The number of hydrogen-bond donors (Lipinski definition) is 1. The molecule has 3 rings (SSSR count). The lowest BCUT2D eigenvalue weighted by atomic mass is 10.3. The standard InChI is InChI=1S/C18H23N3O4S/c1-20-13-19-11-14(20)12-21(5-6-22)18(23)4-9-26-15-2-3-16-17(10-15)25-8-7-24-16/h2-3,10-11,13,22H,4-9,12H2,1H3. The Labute approximate surface area is 156 Å². The largest absolute Gasteiger partial charge is 0.486 e. The molecule has 0 unspecified atom stereocenters. The summed E-state index contributed by atoms with van der Waals surface area (Å²) >= 11 is 1.61. The van der Waals surface area contributed by atoms with E-state index in [0.29, 0.717) is 38.5 Å². The maximum Gasteiger partial charge on any atom is 0.223 e. The molecule has 1 aliphatic heterocycles. The summed E-state index contributed by atoms with van der Waals surface area (Å²) < 4.78 is 13.0. The zero-order valence-electron chi connectivity index (χ0n) is 14.8. The molecule has 1 aromatic heterocycles. The number of ether oxygens (including phenoxy) is 2. The van der Waals surface area contributed by atoms with Gasteiger partial charge in [0, 0.05) is 36.9 Å². The molecule has 0 atom stereocenters. The van der Waals surface area contributed by atoms with E-state index in [-0.39, 0.29) is 12.5 Å². The van der Waals surface area contributed by atoms with E-state index in [4.69, 9.17) is 9.47 Å². The number of carbonyl (C=O) groups excluding carboxylic acids is 1. The molecule has 1 N–H and O–H groups in total. The molecular weight excluding hydrogens is 354 g/mol. The molecule has 0 aliphatic carbocycles. The number of imidazole rings is 1. The first-order chi connectivity index (χ1) is 12.7. The third-order valence-corrected chi connectivity index (χ3v) is 5.09. The number of nitrogens with zero attached hydrogens (tertiary/aromatic N) is 3. The van der Waals surface area contributed by atoms with Crippen molar-refractivity contribution >= 4 is 17.7 Å². The van der Waals surface area contributed by atoms with Gasteiger partial charge >= 0.3 is 0 Å². The van der Waals surface area contributed by atoms with Crippen molar-refractivity contribution in [2.45, 2.75) is 17.9 Å². The first-order valence-corrected chi connectivity index (χ1v) is 9.52. The summed E-state index contributed by atoms with van der Waals surface area (Å²) in [6.07, 6.45) is 3.84. The van der Waals surface area contributed by atoms with E-state index in [0.717, 1.165) is 22.1 Å². The van der Waals surface area contributed by atoms with Crippen molar-refractivity contribution in [3.8, 4) is 11.5 Å².